The molecule has 1 amide bonds. The van der Waals surface area contributed by atoms with Gasteiger partial charge >= 0.3 is 0 Å². The van der Waals surface area contributed by atoms with Gasteiger partial charge in [-0.1, -0.05) is 11.6 Å². The number of nitrogens with one attached hydrogen (secondary N) is 1. The molecule has 1 N–H and O–H groups in total. The van der Waals surface area contributed by atoms with E-state index in [0.717, 1.165) is 22.6 Å². The van der Waals surface area contributed by atoms with Crippen molar-refractivity contribution < 1.29 is 4.79 Å². The lowest BCUT2D eigenvalue weighted by molar-refractivity contribution is 0.0945. The lowest BCUT2D eigenvalue weighted by Gasteiger charge is -2.05. The standard InChI is InChI=1S/C16H20ClN7O/c1-10-15(17)12(3)24(20-10)9-23-6-5-14(21-23)16(25)18-7-13-8-19-22(4)11(13)2/h5-6,8H,7,9H2,1-4H3,(H,18,25). The highest BCUT2D eigenvalue weighted by atomic mass is 35.5. The average Bonchev–Trinajstić information content (AvgIpc) is 3.24. The van der Waals surface area contributed by atoms with Crippen LogP contribution in [0.1, 0.15) is 33.1 Å². The van der Waals surface area contributed by atoms with Gasteiger partial charge in [-0.05, 0) is 26.8 Å². The second-order valence-corrected chi connectivity index (χ2v) is 6.31. The molecule has 0 unspecified atom stereocenters. The normalized spacial score (nSPS) is 11.1. The Morgan fingerprint density at radius 1 is 1.24 bits per heavy atom. The molecule has 0 saturated heterocycles. The number of rotatable bonds is 5. The van der Waals surface area contributed by atoms with Gasteiger partial charge in [0.1, 0.15) is 12.4 Å². The van der Waals surface area contributed by atoms with Crippen molar-refractivity contribution in [1.82, 2.24) is 34.7 Å². The largest absolute Gasteiger partial charge is 0.346 e. The molecule has 0 fully saturated rings. The highest BCUT2D eigenvalue weighted by Gasteiger charge is 2.13. The maximum atomic E-state index is 12.3. The van der Waals surface area contributed by atoms with Gasteiger partial charge in [-0.15, -0.1) is 0 Å². The third-order valence-corrected chi connectivity index (χ3v) is 4.77. The molecular formula is C16H20ClN7O. The van der Waals surface area contributed by atoms with Gasteiger partial charge in [0.25, 0.3) is 5.91 Å². The van der Waals surface area contributed by atoms with Gasteiger partial charge in [0.15, 0.2) is 0 Å². The molecule has 3 rings (SSSR count). The zero-order chi connectivity index (χ0) is 18.1. The van der Waals surface area contributed by atoms with Crippen LogP contribution in [0.4, 0.5) is 0 Å². The van der Waals surface area contributed by atoms with Crippen LogP contribution < -0.4 is 5.32 Å². The van der Waals surface area contributed by atoms with Crippen LogP contribution >= 0.6 is 11.6 Å². The molecule has 0 aliphatic rings. The van der Waals surface area contributed by atoms with E-state index in [-0.39, 0.29) is 5.91 Å². The highest BCUT2D eigenvalue weighted by molar-refractivity contribution is 6.31. The molecule has 3 aromatic heterocycles. The summed E-state index contributed by atoms with van der Waals surface area (Å²) in [6, 6.07) is 1.68. The predicted octanol–water partition coefficient (Wildman–Crippen LogP) is 1.83. The number of halogens is 1. The van der Waals surface area contributed by atoms with Crippen LogP contribution in [0.2, 0.25) is 5.02 Å². The Bertz CT molecular complexity index is 921. The van der Waals surface area contributed by atoms with Gasteiger partial charge in [-0.2, -0.15) is 15.3 Å². The first kappa shape index (κ1) is 17.2. The van der Waals surface area contributed by atoms with Gasteiger partial charge < -0.3 is 5.32 Å². The summed E-state index contributed by atoms with van der Waals surface area (Å²) in [5, 5.41) is 16.3. The Morgan fingerprint density at radius 2 is 2.00 bits per heavy atom. The minimum absolute atomic E-state index is 0.228. The monoisotopic (exact) mass is 361 g/mol. The molecule has 3 heterocycles. The van der Waals surface area contributed by atoms with E-state index < -0.39 is 0 Å². The third kappa shape index (κ3) is 3.43. The van der Waals surface area contributed by atoms with Crippen molar-refractivity contribution in [3.63, 3.8) is 0 Å². The van der Waals surface area contributed by atoms with E-state index in [9.17, 15) is 4.79 Å². The number of aryl methyl sites for hydroxylation is 2. The molecule has 0 atom stereocenters. The fraction of sp³-hybridized carbons (Fsp3) is 0.375. The fourth-order valence-electron chi connectivity index (χ4n) is 2.50. The number of nitrogens with zero attached hydrogens (tertiary/aromatic N) is 6. The van der Waals surface area contributed by atoms with Gasteiger partial charge in [0.05, 0.1) is 22.6 Å². The van der Waals surface area contributed by atoms with E-state index in [1.54, 1.807) is 32.5 Å². The minimum Gasteiger partial charge on any atom is -0.346 e. The second-order valence-electron chi connectivity index (χ2n) is 5.93. The molecule has 0 spiro atoms. The quantitative estimate of drug-likeness (QED) is 0.751. The van der Waals surface area contributed by atoms with Crippen LogP contribution in [-0.4, -0.2) is 35.2 Å². The summed E-state index contributed by atoms with van der Waals surface area (Å²) in [6.45, 7) is 6.53. The number of carbonyl (C=O) groups is 1. The second kappa shape index (κ2) is 6.72. The lowest BCUT2D eigenvalue weighted by atomic mass is 10.2. The van der Waals surface area contributed by atoms with Crippen molar-refractivity contribution in [3.05, 3.63) is 51.8 Å². The molecule has 132 valence electrons. The highest BCUT2D eigenvalue weighted by Crippen LogP contribution is 2.18. The van der Waals surface area contributed by atoms with Crippen molar-refractivity contribution in [1.29, 1.82) is 0 Å². The maximum absolute atomic E-state index is 12.3. The summed E-state index contributed by atoms with van der Waals surface area (Å²) >= 11 is 6.15. The Balaban J connectivity index is 1.65. The molecule has 0 radical (unpaired) electrons. The molecule has 8 nitrogen and oxygen atoms in total. The molecular weight excluding hydrogens is 342 g/mol. The number of amides is 1. The average molecular weight is 362 g/mol. The topological polar surface area (TPSA) is 82.6 Å². The van der Waals surface area contributed by atoms with E-state index in [1.807, 2.05) is 27.8 Å². The van der Waals surface area contributed by atoms with Crippen molar-refractivity contribution >= 4 is 17.5 Å². The van der Waals surface area contributed by atoms with Crippen LogP contribution in [0.15, 0.2) is 18.5 Å². The summed E-state index contributed by atoms with van der Waals surface area (Å²) < 4.78 is 5.18. The molecule has 3 aromatic rings. The maximum Gasteiger partial charge on any atom is 0.272 e. The van der Waals surface area contributed by atoms with E-state index >= 15 is 0 Å². The Kier molecular flexibility index (Phi) is 4.63. The fourth-order valence-corrected chi connectivity index (χ4v) is 2.63. The smallest absolute Gasteiger partial charge is 0.272 e. The van der Waals surface area contributed by atoms with E-state index in [0.29, 0.717) is 23.9 Å². The molecule has 0 aliphatic heterocycles. The Hall–Kier alpha value is -2.61. The number of aromatic nitrogens is 6. The molecule has 0 aliphatic carbocycles. The lowest BCUT2D eigenvalue weighted by Crippen LogP contribution is -2.24. The van der Waals surface area contributed by atoms with Crippen molar-refractivity contribution in [2.75, 3.05) is 0 Å². The molecule has 9 heteroatoms. The molecule has 0 aromatic carbocycles. The first-order valence-electron chi connectivity index (χ1n) is 7.85. The van der Waals surface area contributed by atoms with Gasteiger partial charge in [-0.3, -0.25) is 14.2 Å². The predicted molar refractivity (Wildman–Crippen MR) is 93.5 cm³/mol. The van der Waals surface area contributed by atoms with Crippen LogP contribution in [-0.2, 0) is 20.3 Å². The summed E-state index contributed by atoms with van der Waals surface area (Å²) in [5.41, 5.74) is 4.00. The van der Waals surface area contributed by atoms with Crippen LogP contribution in [0.3, 0.4) is 0 Å². The van der Waals surface area contributed by atoms with Crippen LogP contribution in [0, 0.1) is 20.8 Å². The van der Waals surface area contributed by atoms with Crippen molar-refractivity contribution in [3.8, 4) is 0 Å². The van der Waals surface area contributed by atoms with E-state index in [2.05, 4.69) is 20.6 Å². The number of hydrogen-bond acceptors (Lipinski definition) is 4. The number of hydrogen-bond donors (Lipinski definition) is 1. The summed E-state index contributed by atoms with van der Waals surface area (Å²) in [5.74, 6) is -0.228. The molecule has 0 bridgehead atoms. The van der Waals surface area contributed by atoms with Crippen LogP contribution in [0.25, 0.3) is 0 Å². The first-order chi connectivity index (χ1) is 11.9. The molecule has 0 saturated carbocycles. The van der Waals surface area contributed by atoms with Gasteiger partial charge in [-0.25, -0.2) is 4.68 Å². The van der Waals surface area contributed by atoms with Crippen molar-refractivity contribution in [2.24, 2.45) is 7.05 Å². The minimum atomic E-state index is -0.228. The molecule has 25 heavy (non-hydrogen) atoms. The SMILES string of the molecule is Cc1nn(Cn2ccc(C(=O)NCc3cnn(C)c3C)n2)c(C)c1Cl. The number of carbonyl (C=O) groups excluding carboxylic acids is 1. The van der Waals surface area contributed by atoms with Gasteiger partial charge in [0.2, 0.25) is 0 Å². The van der Waals surface area contributed by atoms with E-state index in [4.69, 9.17) is 11.6 Å². The third-order valence-electron chi connectivity index (χ3n) is 4.22. The van der Waals surface area contributed by atoms with Gasteiger partial charge in [0, 0.05) is 31.0 Å². The summed E-state index contributed by atoms with van der Waals surface area (Å²) in [6.07, 6.45) is 3.50. The zero-order valence-electron chi connectivity index (χ0n) is 14.6. The first-order valence-corrected chi connectivity index (χ1v) is 8.23. The Labute approximate surface area is 150 Å². The summed E-state index contributed by atoms with van der Waals surface area (Å²) in [4.78, 5) is 12.3. The van der Waals surface area contributed by atoms with Crippen molar-refractivity contribution in [2.45, 2.75) is 34.0 Å². The van der Waals surface area contributed by atoms with E-state index in [1.165, 1.54) is 0 Å². The van der Waals surface area contributed by atoms with Crippen LogP contribution in [0.5, 0.6) is 0 Å². The zero-order valence-corrected chi connectivity index (χ0v) is 15.4. The summed E-state index contributed by atoms with van der Waals surface area (Å²) in [7, 11) is 1.87. The Morgan fingerprint density at radius 3 is 2.60 bits per heavy atom.